The third-order valence-corrected chi connectivity index (χ3v) is 3.36. The molecule has 1 aliphatic heterocycles. The van der Waals surface area contributed by atoms with Crippen molar-refractivity contribution in [2.24, 2.45) is 0 Å². The fourth-order valence-corrected chi connectivity index (χ4v) is 2.40. The highest BCUT2D eigenvalue weighted by Crippen LogP contribution is 2.21. The minimum Gasteiger partial charge on any atom is -0.444 e. The van der Waals surface area contributed by atoms with E-state index in [4.69, 9.17) is 16.3 Å². The van der Waals surface area contributed by atoms with Crippen molar-refractivity contribution < 1.29 is 9.53 Å². The molecule has 0 saturated carbocycles. The molecule has 1 heterocycles. The highest BCUT2D eigenvalue weighted by atomic mass is 35.5. The maximum absolute atomic E-state index is 12.1. The van der Waals surface area contributed by atoms with E-state index in [1.54, 1.807) is 4.90 Å². The Morgan fingerprint density at radius 1 is 1.21 bits per heavy atom. The van der Waals surface area contributed by atoms with Crippen LogP contribution in [0.1, 0.15) is 31.9 Å². The van der Waals surface area contributed by atoms with Gasteiger partial charge in [-0.25, -0.2) is 4.79 Å². The summed E-state index contributed by atoms with van der Waals surface area (Å²) >= 11 is 6.01. The molecule has 3 nitrogen and oxygen atoms in total. The van der Waals surface area contributed by atoms with Gasteiger partial charge in [0, 0.05) is 18.1 Å². The first kappa shape index (κ1) is 14.2. The van der Waals surface area contributed by atoms with Crippen LogP contribution in [0, 0.1) is 0 Å². The molecule has 1 aromatic rings. The van der Waals surface area contributed by atoms with Crippen molar-refractivity contribution in [3.05, 3.63) is 34.3 Å². The molecule has 1 aromatic carbocycles. The van der Waals surface area contributed by atoms with E-state index >= 15 is 0 Å². The molecular weight excluding hydrogens is 262 g/mol. The Kier molecular flexibility index (Phi) is 4.04. The van der Waals surface area contributed by atoms with Crippen molar-refractivity contribution in [3.8, 4) is 0 Å². The van der Waals surface area contributed by atoms with E-state index in [1.807, 2.05) is 32.9 Å². The number of amides is 1. The van der Waals surface area contributed by atoms with E-state index in [0.717, 1.165) is 17.9 Å². The topological polar surface area (TPSA) is 29.5 Å². The summed E-state index contributed by atoms with van der Waals surface area (Å²) in [5.41, 5.74) is 2.06. The second kappa shape index (κ2) is 5.41. The van der Waals surface area contributed by atoms with Crippen molar-refractivity contribution in [1.82, 2.24) is 4.90 Å². The van der Waals surface area contributed by atoms with Gasteiger partial charge < -0.3 is 9.64 Å². The Morgan fingerprint density at radius 3 is 2.47 bits per heavy atom. The molecule has 1 amide bonds. The van der Waals surface area contributed by atoms with Crippen LogP contribution in [0.2, 0.25) is 5.02 Å². The fraction of sp³-hybridized carbons (Fsp3) is 0.533. The Morgan fingerprint density at radius 2 is 1.84 bits per heavy atom. The number of nitrogens with zero attached hydrogens (tertiary/aromatic N) is 1. The number of rotatable bonds is 0. The lowest BCUT2D eigenvalue weighted by atomic mass is 10.0. The zero-order chi connectivity index (χ0) is 14.0. The molecule has 19 heavy (non-hydrogen) atoms. The smallest absolute Gasteiger partial charge is 0.410 e. The Balaban J connectivity index is 2.05. The Labute approximate surface area is 119 Å². The molecule has 0 bridgehead atoms. The van der Waals surface area contributed by atoms with Gasteiger partial charge >= 0.3 is 6.09 Å². The minimum atomic E-state index is -0.445. The molecule has 1 aliphatic rings. The van der Waals surface area contributed by atoms with Crippen LogP contribution in [0.4, 0.5) is 4.79 Å². The quantitative estimate of drug-likeness (QED) is 0.726. The second-order valence-electron chi connectivity index (χ2n) is 5.88. The average molecular weight is 282 g/mol. The van der Waals surface area contributed by atoms with Crippen molar-refractivity contribution in [3.63, 3.8) is 0 Å². The summed E-state index contributed by atoms with van der Waals surface area (Å²) in [5.74, 6) is 0. The van der Waals surface area contributed by atoms with Crippen molar-refractivity contribution in [1.29, 1.82) is 0 Å². The first-order chi connectivity index (χ1) is 8.85. The number of carbonyl (C=O) groups is 1. The van der Waals surface area contributed by atoms with Gasteiger partial charge in [-0.1, -0.05) is 17.7 Å². The minimum absolute atomic E-state index is 0.230. The van der Waals surface area contributed by atoms with Crippen molar-refractivity contribution >= 4 is 17.7 Å². The molecule has 0 fully saturated rings. The van der Waals surface area contributed by atoms with Crippen molar-refractivity contribution in [2.75, 3.05) is 13.1 Å². The van der Waals surface area contributed by atoms with E-state index in [-0.39, 0.29) is 6.09 Å². The normalized spacial score (nSPS) is 15.7. The van der Waals surface area contributed by atoms with Gasteiger partial charge in [0.1, 0.15) is 5.60 Å². The van der Waals surface area contributed by atoms with Crippen LogP contribution in [0.5, 0.6) is 0 Å². The summed E-state index contributed by atoms with van der Waals surface area (Å²) in [5, 5.41) is 0.754. The van der Waals surface area contributed by atoms with E-state index in [2.05, 4.69) is 6.07 Å². The lowest BCUT2D eigenvalue weighted by Gasteiger charge is -2.26. The molecule has 0 aliphatic carbocycles. The molecule has 0 radical (unpaired) electrons. The molecule has 0 unspecified atom stereocenters. The second-order valence-corrected chi connectivity index (χ2v) is 6.32. The molecule has 104 valence electrons. The lowest BCUT2D eigenvalue weighted by Crippen LogP contribution is -2.38. The van der Waals surface area contributed by atoms with Gasteiger partial charge in [0.25, 0.3) is 0 Å². The number of hydrogen-bond acceptors (Lipinski definition) is 2. The zero-order valence-corrected chi connectivity index (χ0v) is 12.5. The van der Waals surface area contributed by atoms with Crippen LogP contribution in [-0.2, 0) is 17.6 Å². The van der Waals surface area contributed by atoms with Crippen LogP contribution in [0.15, 0.2) is 18.2 Å². The number of ether oxygens (including phenoxy) is 1. The molecule has 4 heteroatoms. The van der Waals surface area contributed by atoms with E-state index in [0.29, 0.717) is 13.1 Å². The van der Waals surface area contributed by atoms with Crippen LogP contribution < -0.4 is 0 Å². The fourth-order valence-electron chi connectivity index (χ4n) is 2.20. The number of halogens is 1. The highest BCUT2D eigenvalue weighted by Gasteiger charge is 2.24. The maximum Gasteiger partial charge on any atom is 0.410 e. The summed E-state index contributed by atoms with van der Waals surface area (Å²) in [6.45, 7) is 7.04. The van der Waals surface area contributed by atoms with Crippen LogP contribution in [0.25, 0.3) is 0 Å². The standard InChI is InChI=1S/C15H20ClNO2/c1-15(2,3)19-14(18)17-8-6-11-4-5-13(16)10-12(11)7-9-17/h4-5,10H,6-9H2,1-3H3. The number of carbonyl (C=O) groups excluding carboxylic acids is 1. The molecule has 0 saturated heterocycles. The van der Waals surface area contributed by atoms with Crippen LogP contribution in [-0.4, -0.2) is 29.7 Å². The predicted molar refractivity (Wildman–Crippen MR) is 76.7 cm³/mol. The molecule has 0 atom stereocenters. The largest absolute Gasteiger partial charge is 0.444 e. The molecular formula is C15H20ClNO2. The molecule has 0 aromatic heterocycles. The average Bonchev–Trinajstić information content (AvgIpc) is 2.48. The van der Waals surface area contributed by atoms with Crippen LogP contribution in [0.3, 0.4) is 0 Å². The van der Waals surface area contributed by atoms with Gasteiger partial charge in [-0.2, -0.15) is 0 Å². The van der Waals surface area contributed by atoms with Gasteiger partial charge in [0.05, 0.1) is 0 Å². The summed E-state index contributed by atoms with van der Waals surface area (Å²) in [6.07, 6.45) is 1.45. The molecule has 0 N–H and O–H groups in total. The van der Waals surface area contributed by atoms with Gasteiger partial charge in [-0.05, 0) is 56.9 Å². The monoisotopic (exact) mass is 281 g/mol. The molecule has 2 rings (SSSR count). The summed E-state index contributed by atoms with van der Waals surface area (Å²) in [7, 11) is 0. The third-order valence-electron chi connectivity index (χ3n) is 3.12. The highest BCUT2D eigenvalue weighted by molar-refractivity contribution is 6.30. The van der Waals surface area contributed by atoms with Gasteiger partial charge in [-0.3, -0.25) is 0 Å². The van der Waals surface area contributed by atoms with E-state index < -0.39 is 5.60 Å². The number of hydrogen-bond donors (Lipinski definition) is 0. The lowest BCUT2D eigenvalue weighted by molar-refractivity contribution is 0.0258. The summed E-state index contributed by atoms with van der Waals surface area (Å²) < 4.78 is 5.42. The summed E-state index contributed by atoms with van der Waals surface area (Å²) in [4.78, 5) is 13.8. The Hall–Kier alpha value is -1.22. The molecule has 0 spiro atoms. The van der Waals surface area contributed by atoms with Crippen molar-refractivity contribution in [2.45, 2.75) is 39.2 Å². The maximum atomic E-state index is 12.1. The first-order valence-electron chi connectivity index (χ1n) is 6.60. The van der Waals surface area contributed by atoms with E-state index in [9.17, 15) is 4.79 Å². The zero-order valence-electron chi connectivity index (χ0n) is 11.7. The first-order valence-corrected chi connectivity index (χ1v) is 6.98. The SMILES string of the molecule is CC(C)(C)OC(=O)N1CCc2ccc(Cl)cc2CC1. The predicted octanol–water partition coefficient (Wildman–Crippen LogP) is 3.68. The third kappa shape index (κ3) is 3.87. The van der Waals surface area contributed by atoms with Gasteiger partial charge in [0.15, 0.2) is 0 Å². The van der Waals surface area contributed by atoms with Gasteiger partial charge in [-0.15, -0.1) is 0 Å². The Bertz CT molecular complexity index is 480. The van der Waals surface area contributed by atoms with Gasteiger partial charge in [0.2, 0.25) is 0 Å². The number of fused-ring (bicyclic) bond motifs is 1. The number of benzene rings is 1. The van der Waals surface area contributed by atoms with E-state index in [1.165, 1.54) is 11.1 Å². The van der Waals surface area contributed by atoms with Crippen LogP contribution >= 0.6 is 11.6 Å². The summed E-state index contributed by atoms with van der Waals surface area (Å²) in [6, 6.07) is 5.95.